The van der Waals surface area contributed by atoms with Crippen LogP contribution in [0, 0.1) is 11.8 Å². The zero-order valence-electron chi connectivity index (χ0n) is 9.52. The molecule has 1 heteroatoms. The molecule has 2 aliphatic carbocycles. The third kappa shape index (κ3) is 1.47. The predicted molar refractivity (Wildman–Crippen MR) is 65.5 cm³/mol. The van der Waals surface area contributed by atoms with Crippen molar-refractivity contribution in [1.82, 2.24) is 0 Å². The molecule has 0 aromatic carbocycles. The average molecular weight is 212 g/mol. The lowest BCUT2D eigenvalue weighted by Gasteiger charge is -2.27. The number of hydrogen-bond acceptors (Lipinski definition) is 1. The van der Waals surface area contributed by atoms with Gasteiger partial charge in [-0.25, -0.2) is 0 Å². The minimum Gasteiger partial charge on any atom is -0.469 e. The summed E-state index contributed by atoms with van der Waals surface area (Å²) in [5.74, 6) is 2.01. The maximum absolute atomic E-state index is 5.48. The maximum atomic E-state index is 5.48. The first-order chi connectivity index (χ1) is 7.88. The van der Waals surface area contributed by atoms with Crippen molar-refractivity contribution in [3.63, 3.8) is 0 Å². The fourth-order valence-electron chi connectivity index (χ4n) is 2.63. The molecule has 0 spiro atoms. The molecule has 0 unspecified atom stereocenters. The SMILES string of the molecule is CCCC1=C[C@H]2C(=CC=C3OC=C[C@@H]32)C=C1. The summed E-state index contributed by atoms with van der Waals surface area (Å²) in [5.41, 5.74) is 2.87. The van der Waals surface area contributed by atoms with Crippen LogP contribution in [0.5, 0.6) is 0 Å². The van der Waals surface area contributed by atoms with Gasteiger partial charge in [-0.1, -0.05) is 43.2 Å². The molecule has 0 saturated heterocycles. The monoisotopic (exact) mass is 212 g/mol. The summed E-state index contributed by atoms with van der Waals surface area (Å²) in [7, 11) is 0. The molecule has 1 heterocycles. The number of hydrogen-bond donors (Lipinski definition) is 0. The highest BCUT2D eigenvalue weighted by Gasteiger charge is 2.31. The second-order valence-electron chi connectivity index (χ2n) is 4.56. The topological polar surface area (TPSA) is 9.23 Å². The van der Waals surface area contributed by atoms with Crippen molar-refractivity contribution in [2.45, 2.75) is 19.8 Å². The molecule has 0 bridgehead atoms. The summed E-state index contributed by atoms with van der Waals surface area (Å²) in [6.07, 6.45) is 17.6. The molecule has 0 N–H and O–H groups in total. The van der Waals surface area contributed by atoms with Gasteiger partial charge in [-0.3, -0.25) is 0 Å². The number of allylic oxidation sites excluding steroid dienone is 8. The fourth-order valence-corrected chi connectivity index (χ4v) is 2.63. The van der Waals surface area contributed by atoms with Gasteiger partial charge in [-0.05, 0) is 24.1 Å². The van der Waals surface area contributed by atoms with Crippen molar-refractivity contribution in [2.24, 2.45) is 11.8 Å². The lowest BCUT2D eigenvalue weighted by Crippen LogP contribution is -2.18. The Labute approximate surface area is 96.5 Å². The Morgan fingerprint density at radius 2 is 2.12 bits per heavy atom. The van der Waals surface area contributed by atoms with Gasteiger partial charge in [-0.2, -0.15) is 0 Å². The van der Waals surface area contributed by atoms with Crippen LogP contribution in [0.25, 0.3) is 0 Å². The van der Waals surface area contributed by atoms with Gasteiger partial charge in [0, 0.05) is 11.8 Å². The van der Waals surface area contributed by atoms with Crippen molar-refractivity contribution in [3.8, 4) is 0 Å². The molecule has 3 rings (SSSR count). The zero-order valence-corrected chi connectivity index (χ0v) is 9.52. The van der Waals surface area contributed by atoms with Crippen molar-refractivity contribution >= 4 is 0 Å². The quantitative estimate of drug-likeness (QED) is 0.675. The summed E-state index contributed by atoms with van der Waals surface area (Å²) in [5, 5.41) is 0. The van der Waals surface area contributed by atoms with Crippen LogP contribution >= 0.6 is 0 Å². The average Bonchev–Trinajstić information content (AvgIpc) is 2.78. The van der Waals surface area contributed by atoms with Crippen LogP contribution in [0.15, 0.2) is 59.6 Å². The van der Waals surface area contributed by atoms with E-state index in [4.69, 9.17) is 4.74 Å². The number of ether oxygens (including phenoxy) is 1. The van der Waals surface area contributed by atoms with E-state index in [2.05, 4.69) is 43.4 Å². The first-order valence-electron chi connectivity index (χ1n) is 6.02. The molecule has 0 fully saturated rings. The van der Waals surface area contributed by atoms with Gasteiger partial charge in [0.25, 0.3) is 0 Å². The fraction of sp³-hybridized carbons (Fsp3) is 0.333. The van der Waals surface area contributed by atoms with E-state index in [0.29, 0.717) is 11.8 Å². The molecule has 0 aromatic rings. The van der Waals surface area contributed by atoms with Crippen molar-refractivity contribution in [2.75, 3.05) is 0 Å². The molecule has 3 aliphatic rings. The highest BCUT2D eigenvalue weighted by atomic mass is 16.5. The first kappa shape index (κ1) is 9.71. The van der Waals surface area contributed by atoms with Gasteiger partial charge < -0.3 is 4.74 Å². The molecule has 1 aliphatic heterocycles. The summed E-state index contributed by atoms with van der Waals surface area (Å²) < 4.78 is 5.48. The molecule has 82 valence electrons. The highest BCUT2D eigenvalue weighted by Crippen LogP contribution is 2.40. The Kier molecular flexibility index (Phi) is 2.32. The van der Waals surface area contributed by atoms with Gasteiger partial charge in [0.1, 0.15) is 5.76 Å². The molecule has 0 amide bonds. The highest BCUT2D eigenvalue weighted by molar-refractivity contribution is 5.46. The van der Waals surface area contributed by atoms with Crippen molar-refractivity contribution < 1.29 is 4.74 Å². The Balaban J connectivity index is 1.93. The van der Waals surface area contributed by atoms with Crippen molar-refractivity contribution in [1.29, 1.82) is 0 Å². The Bertz CT molecular complexity index is 446. The molecule has 1 nitrogen and oxygen atoms in total. The van der Waals surface area contributed by atoms with Crippen LogP contribution in [-0.2, 0) is 4.74 Å². The van der Waals surface area contributed by atoms with E-state index in [1.807, 2.05) is 6.26 Å². The predicted octanol–water partition coefficient (Wildman–Crippen LogP) is 3.88. The van der Waals surface area contributed by atoms with Gasteiger partial charge in [0.2, 0.25) is 0 Å². The second kappa shape index (κ2) is 3.82. The molecular formula is C15H16O. The lowest BCUT2D eigenvalue weighted by molar-refractivity contribution is 0.327. The standard InChI is InChI=1S/C15H16O/c1-2-3-11-4-5-12-6-7-15-13(8-9-16-15)14(12)10-11/h4-10,13-14H,2-3H2,1H3/t13-,14+/m1/s1. The van der Waals surface area contributed by atoms with Crippen molar-refractivity contribution in [3.05, 3.63) is 59.6 Å². The number of fused-ring (bicyclic) bond motifs is 3. The minimum absolute atomic E-state index is 0.428. The Morgan fingerprint density at radius 3 is 3.00 bits per heavy atom. The Hall–Kier alpha value is -1.50. The van der Waals surface area contributed by atoms with Crippen LogP contribution in [0.3, 0.4) is 0 Å². The van der Waals surface area contributed by atoms with E-state index in [1.54, 1.807) is 0 Å². The second-order valence-corrected chi connectivity index (χ2v) is 4.56. The van der Waals surface area contributed by atoms with Gasteiger partial charge in [0.05, 0.1) is 6.26 Å². The van der Waals surface area contributed by atoms with Crippen LogP contribution in [0.4, 0.5) is 0 Å². The Morgan fingerprint density at radius 1 is 1.19 bits per heavy atom. The molecule has 0 aromatic heterocycles. The normalized spacial score (nSPS) is 29.9. The van der Waals surface area contributed by atoms with E-state index in [9.17, 15) is 0 Å². The van der Waals surface area contributed by atoms with Gasteiger partial charge in [-0.15, -0.1) is 0 Å². The van der Waals surface area contributed by atoms with E-state index < -0.39 is 0 Å². The third-order valence-corrected chi connectivity index (χ3v) is 3.45. The van der Waals surface area contributed by atoms with Gasteiger partial charge in [0.15, 0.2) is 0 Å². The van der Waals surface area contributed by atoms with Crippen LogP contribution in [-0.4, -0.2) is 0 Å². The largest absolute Gasteiger partial charge is 0.469 e. The number of rotatable bonds is 2. The van der Waals surface area contributed by atoms with E-state index in [-0.39, 0.29) is 0 Å². The molecular weight excluding hydrogens is 196 g/mol. The molecule has 0 saturated carbocycles. The summed E-state index contributed by atoms with van der Waals surface area (Å²) in [6, 6.07) is 0. The minimum atomic E-state index is 0.428. The maximum Gasteiger partial charge on any atom is 0.111 e. The zero-order chi connectivity index (χ0) is 11.0. The summed E-state index contributed by atoms with van der Waals surface area (Å²) in [6.45, 7) is 2.23. The van der Waals surface area contributed by atoms with Crippen LogP contribution in [0.2, 0.25) is 0 Å². The lowest BCUT2D eigenvalue weighted by atomic mass is 9.77. The van der Waals surface area contributed by atoms with Crippen LogP contribution < -0.4 is 0 Å². The smallest absolute Gasteiger partial charge is 0.111 e. The summed E-state index contributed by atoms with van der Waals surface area (Å²) >= 11 is 0. The third-order valence-electron chi connectivity index (χ3n) is 3.45. The molecule has 2 atom stereocenters. The summed E-state index contributed by atoms with van der Waals surface area (Å²) in [4.78, 5) is 0. The van der Waals surface area contributed by atoms with Crippen LogP contribution in [0.1, 0.15) is 19.8 Å². The van der Waals surface area contributed by atoms with Gasteiger partial charge >= 0.3 is 0 Å². The van der Waals surface area contributed by atoms with E-state index in [0.717, 1.165) is 5.76 Å². The van der Waals surface area contributed by atoms with E-state index in [1.165, 1.54) is 24.0 Å². The van der Waals surface area contributed by atoms with E-state index >= 15 is 0 Å². The first-order valence-corrected chi connectivity index (χ1v) is 6.02. The molecule has 16 heavy (non-hydrogen) atoms. The molecule has 0 radical (unpaired) electrons.